The first-order valence-corrected chi connectivity index (χ1v) is 9.18. The third kappa shape index (κ3) is 4.41. The minimum atomic E-state index is 0.589. The van der Waals surface area contributed by atoms with Gasteiger partial charge in [-0.2, -0.15) is 4.98 Å². The van der Waals surface area contributed by atoms with Gasteiger partial charge in [0.25, 0.3) is 0 Å². The summed E-state index contributed by atoms with van der Waals surface area (Å²) in [6, 6.07) is 11.6. The fourth-order valence-corrected chi connectivity index (χ4v) is 3.81. The minimum Gasteiger partial charge on any atom is -0.338 e. The molecule has 0 unspecified atom stereocenters. The number of halogens is 2. The van der Waals surface area contributed by atoms with Crippen LogP contribution in [0.5, 0.6) is 0 Å². The maximum Gasteiger partial charge on any atom is 0.241 e. The summed E-state index contributed by atoms with van der Waals surface area (Å²) < 4.78 is 6.53. The minimum absolute atomic E-state index is 0.589. The second-order valence-electron chi connectivity index (χ2n) is 5.03. The molecule has 0 fully saturated rings. The van der Waals surface area contributed by atoms with E-state index in [1.54, 1.807) is 11.3 Å². The van der Waals surface area contributed by atoms with Crippen molar-refractivity contribution in [3.63, 3.8) is 0 Å². The van der Waals surface area contributed by atoms with Crippen LogP contribution in [0.15, 0.2) is 44.7 Å². The number of hydrogen-bond acceptors (Lipinski definition) is 5. The lowest BCUT2D eigenvalue weighted by atomic mass is 10.2. The van der Waals surface area contributed by atoms with Crippen molar-refractivity contribution in [1.29, 1.82) is 0 Å². The van der Waals surface area contributed by atoms with Crippen LogP contribution in [0.2, 0.25) is 5.02 Å². The van der Waals surface area contributed by atoms with Crippen molar-refractivity contribution >= 4 is 38.9 Å². The molecule has 1 aromatic carbocycles. The van der Waals surface area contributed by atoms with E-state index in [4.69, 9.17) is 16.1 Å². The molecule has 0 saturated carbocycles. The molecule has 0 N–H and O–H groups in total. The van der Waals surface area contributed by atoms with E-state index in [0.717, 1.165) is 22.4 Å². The molecule has 0 bridgehead atoms. The summed E-state index contributed by atoms with van der Waals surface area (Å²) in [5, 5.41) is 4.75. The summed E-state index contributed by atoms with van der Waals surface area (Å²) in [5.41, 5.74) is 0.898. The van der Waals surface area contributed by atoms with Crippen molar-refractivity contribution in [2.75, 3.05) is 6.54 Å². The van der Waals surface area contributed by atoms with E-state index in [1.165, 1.54) is 4.88 Å². The molecule has 2 aromatic heterocycles. The first kappa shape index (κ1) is 16.6. The van der Waals surface area contributed by atoms with E-state index in [9.17, 15) is 0 Å². The Labute approximate surface area is 152 Å². The highest BCUT2D eigenvalue weighted by Gasteiger charge is 2.13. The van der Waals surface area contributed by atoms with Crippen molar-refractivity contribution in [2.24, 2.45) is 0 Å². The molecule has 0 aliphatic heterocycles. The third-order valence-electron chi connectivity index (χ3n) is 3.38. The highest BCUT2D eigenvalue weighted by molar-refractivity contribution is 9.11. The Kier molecular flexibility index (Phi) is 5.48. The predicted octanol–water partition coefficient (Wildman–Crippen LogP) is 5.24. The van der Waals surface area contributed by atoms with Crippen molar-refractivity contribution in [3.8, 4) is 11.4 Å². The zero-order valence-electron chi connectivity index (χ0n) is 12.5. The Morgan fingerprint density at radius 3 is 2.61 bits per heavy atom. The molecule has 23 heavy (non-hydrogen) atoms. The first-order chi connectivity index (χ1) is 11.1. The van der Waals surface area contributed by atoms with Gasteiger partial charge >= 0.3 is 0 Å². The van der Waals surface area contributed by atoms with Gasteiger partial charge in [-0.05, 0) is 58.9 Å². The highest BCUT2D eigenvalue weighted by Crippen LogP contribution is 2.24. The summed E-state index contributed by atoms with van der Waals surface area (Å²) in [5.74, 6) is 1.21. The van der Waals surface area contributed by atoms with Crippen molar-refractivity contribution < 1.29 is 4.52 Å². The smallest absolute Gasteiger partial charge is 0.241 e. The molecule has 0 spiro atoms. The lowest BCUT2D eigenvalue weighted by Gasteiger charge is -2.16. The normalized spacial score (nSPS) is 11.3. The number of rotatable bonds is 6. The van der Waals surface area contributed by atoms with Crippen LogP contribution in [0.3, 0.4) is 0 Å². The molecule has 7 heteroatoms. The van der Waals surface area contributed by atoms with Gasteiger partial charge in [0.15, 0.2) is 0 Å². The number of hydrogen-bond donors (Lipinski definition) is 0. The van der Waals surface area contributed by atoms with Crippen LogP contribution in [-0.4, -0.2) is 21.6 Å². The Morgan fingerprint density at radius 1 is 1.17 bits per heavy atom. The zero-order chi connectivity index (χ0) is 16.2. The van der Waals surface area contributed by atoms with Crippen LogP contribution in [0.25, 0.3) is 11.4 Å². The predicted molar refractivity (Wildman–Crippen MR) is 96.6 cm³/mol. The standard InChI is InChI=1S/C16H15BrClN3OS/c1-2-21(9-13-7-8-14(17)23-13)10-15-19-16(20-22-15)11-3-5-12(18)6-4-11/h3-8H,2,9-10H2,1H3. The quantitative estimate of drug-likeness (QED) is 0.555. The maximum atomic E-state index is 5.90. The highest BCUT2D eigenvalue weighted by atomic mass is 79.9. The second-order valence-corrected chi connectivity index (χ2v) is 8.01. The number of benzene rings is 1. The molecular formula is C16H15BrClN3OS. The Morgan fingerprint density at radius 2 is 1.96 bits per heavy atom. The van der Waals surface area contributed by atoms with Gasteiger partial charge in [0.05, 0.1) is 10.3 Å². The molecular weight excluding hydrogens is 398 g/mol. The van der Waals surface area contributed by atoms with Gasteiger partial charge in [-0.25, -0.2) is 0 Å². The van der Waals surface area contributed by atoms with Crippen molar-refractivity contribution in [3.05, 3.63) is 56.0 Å². The molecule has 4 nitrogen and oxygen atoms in total. The molecule has 2 heterocycles. The van der Waals surface area contributed by atoms with Crippen molar-refractivity contribution in [1.82, 2.24) is 15.0 Å². The molecule has 0 aliphatic rings. The lowest BCUT2D eigenvalue weighted by Crippen LogP contribution is -2.21. The summed E-state index contributed by atoms with van der Waals surface area (Å²) in [4.78, 5) is 8.04. The van der Waals surface area contributed by atoms with E-state index < -0.39 is 0 Å². The molecule has 3 rings (SSSR count). The average molecular weight is 413 g/mol. The summed E-state index contributed by atoms with van der Waals surface area (Å²) in [6.07, 6.45) is 0. The summed E-state index contributed by atoms with van der Waals surface area (Å²) in [6.45, 7) is 4.53. The zero-order valence-corrected chi connectivity index (χ0v) is 15.7. The fraction of sp³-hybridized carbons (Fsp3) is 0.250. The first-order valence-electron chi connectivity index (χ1n) is 7.19. The fourth-order valence-electron chi connectivity index (χ4n) is 2.16. The molecule has 0 aliphatic carbocycles. The van der Waals surface area contributed by atoms with Crippen LogP contribution in [0, 0.1) is 0 Å². The van der Waals surface area contributed by atoms with Crippen LogP contribution in [0.1, 0.15) is 17.7 Å². The van der Waals surface area contributed by atoms with E-state index in [-0.39, 0.29) is 0 Å². The Balaban J connectivity index is 1.68. The molecule has 0 amide bonds. The maximum absolute atomic E-state index is 5.90. The van der Waals surface area contributed by atoms with E-state index in [0.29, 0.717) is 23.3 Å². The van der Waals surface area contributed by atoms with Gasteiger partial charge in [0.2, 0.25) is 11.7 Å². The van der Waals surface area contributed by atoms with E-state index in [2.05, 4.69) is 50.0 Å². The van der Waals surface area contributed by atoms with Gasteiger partial charge in [0.1, 0.15) is 0 Å². The molecule has 3 aromatic rings. The van der Waals surface area contributed by atoms with Crippen molar-refractivity contribution in [2.45, 2.75) is 20.0 Å². The monoisotopic (exact) mass is 411 g/mol. The summed E-state index contributed by atoms with van der Waals surface area (Å²) in [7, 11) is 0. The largest absolute Gasteiger partial charge is 0.338 e. The summed E-state index contributed by atoms with van der Waals surface area (Å²) >= 11 is 11.1. The van der Waals surface area contributed by atoms with Crippen LogP contribution < -0.4 is 0 Å². The van der Waals surface area contributed by atoms with E-state index in [1.807, 2.05) is 24.3 Å². The Bertz CT molecular complexity index is 772. The van der Waals surface area contributed by atoms with Crippen LogP contribution in [0.4, 0.5) is 0 Å². The SMILES string of the molecule is CCN(Cc1nc(-c2ccc(Cl)cc2)no1)Cc1ccc(Br)s1. The topological polar surface area (TPSA) is 42.2 Å². The molecule has 0 radical (unpaired) electrons. The van der Waals surface area contributed by atoms with Gasteiger partial charge in [-0.15, -0.1) is 11.3 Å². The van der Waals surface area contributed by atoms with Crippen LogP contribution in [-0.2, 0) is 13.1 Å². The lowest BCUT2D eigenvalue weighted by molar-refractivity contribution is 0.230. The number of aromatic nitrogens is 2. The van der Waals surface area contributed by atoms with Gasteiger partial charge in [-0.1, -0.05) is 23.7 Å². The molecule has 120 valence electrons. The van der Waals surface area contributed by atoms with Crippen LogP contribution >= 0.6 is 38.9 Å². The third-order valence-corrected chi connectivity index (χ3v) is 5.25. The Hall–Kier alpha value is -1.21. The number of thiophene rings is 1. The van der Waals surface area contributed by atoms with Gasteiger partial charge in [0, 0.05) is 22.0 Å². The molecule has 0 atom stereocenters. The second kappa shape index (κ2) is 7.57. The average Bonchev–Trinajstić information content (AvgIpc) is 3.17. The van der Waals surface area contributed by atoms with E-state index >= 15 is 0 Å². The van der Waals surface area contributed by atoms with Gasteiger partial charge in [-0.3, -0.25) is 4.90 Å². The molecule has 0 saturated heterocycles. The van der Waals surface area contributed by atoms with Gasteiger partial charge < -0.3 is 4.52 Å². The number of nitrogens with zero attached hydrogens (tertiary/aromatic N) is 3.